The normalized spacial score (nSPS) is 37.2. The molecule has 3 unspecified atom stereocenters. The van der Waals surface area contributed by atoms with Crippen molar-refractivity contribution >= 4 is 5.91 Å². The van der Waals surface area contributed by atoms with Crippen LogP contribution < -0.4 is 5.32 Å². The van der Waals surface area contributed by atoms with Gasteiger partial charge in [0.25, 0.3) is 0 Å². The molecule has 3 aliphatic rings. The minimum Gasteiger partial charge on any atom is -0.378 e. The van der Waals surface area contributed by atoms with Crippen LogP contribution in [0, 0.1) is 5.92 Å². The highest BCUT2D eigenvalue weighted by Gasteiger charge is 2.34. The molecule has 3 fully saturated rings. The number of rotatable bonds is 2. The van der Waals surface area contributed by atoms with Crippen molar-refractivity contribution in [2.24, 2.45) is 5.92 Å². The number of hydrogen-bond donors (Lipinski definition) is 1. The maximum Gasteiger partial charge on any atom is 0.225 e. The molecule has 3 aliphatic heterocycles. The van der Waals surface area contributed by atoms with Gasteiger partial charge in [-0.3, -0.25) is 4.79 Å². The Kier molecular flexibility index (Phi) is 3.34. The van der Waals surface area contributed by atoms with Gasteiger partial charge in [0.15, 0.2) is 0 Å². The number of carbonyl (C=O) groups is 1. The quantitative estimate of drug-likeness (QED) is 0.772. The van der Waals surface area contributed by atoms with Crippen LogP contribution in [0.25, 0.3) is 0 Å². The van der Waals surface area contributed by atoms with E-state index in [0.29, 0.717) is 24.3 Å². The Labute approximate surface area is 103 Å². The van der Waals surface area contributed by atoms with Crippen LogP contribution in [0.4, 0.5) is 0 Å². The topological polar surface area (TPSA) is 41.6 Å². The molecule has 0 aromatic heterocycles. The third kappa shape index (κ3) is 2.47. The van der Waals surface area contributed by atoms with Crippen molar-refractivity contribution in [3.05, 3.63) is 0 Å². The Morgan fingerprint density at radius 3 is 3.12 bits per heavy atom. The van der Waals surface area contributed by atoms with E-state index in [2.05, 4.69) is 10.2 Å². The Hall–Kier alpha value is -0.610. The fraction of sp³-hybridized carbons (Fsp3) is 0.923. The molecule has 4 nitrogen and oxygen atoms in total. The maximum atomic E-state index is 12.2. The van der Waals surface area contributed by atoms with Crippen molar-refractivity contribution in [3.8, 4) is 0 Å². The number of amides is 1. The molecule has 3 saturated heterocycles. The van der Waals surface area contributed by atoms with Crippen molar-refractivity contribution < 1.29 is 9.53 Å². The second kappa shape index (κ2) is 4.94. The predicted molar refractivity (Wildman–Crippen MR) is 64.7 cm³/mol. The summed E-state index contributed by atoms with van der Waals surface area (Å²) in [6, 6.07) is 0.668. The van der Waals surface area contributed by atoms with Crippen LogP contribution in [0.15, 0.2) is 0 Å². The SMILES string of the molecule is O=C(CC1CCCO1)N1CCC2NCCC2C1. The highest BCUT2D eigenvalue weighted by Crippen LogP contribution is 2.25. The van der Waals surface area contributed by atoms with Gasteiger partial charge in [-0.1, -0.05) is 0 Å². The van der Waals surface area contributed by atoms with Gasteiger partial charge in [0, 0.05) is 25.7 Å². The second-order valence-corrected chi connectivity index (χ2v) is 5.58. The summed E-state index contributed by atoms with van der Waals surface area (Å²) in [6.45, 7) is 3.86. The molecule has 0 aromatic carbocycles. The van der Waals surface area contributed by atoms with Gasteiger partial charge in [-0.05, 0) is 38.1 Å². The molecule has 17 heavy (non-hydrogen) atoms. The first kappa shape index (κ1) is 11.5. The zero-order valence-electron chi connectivity index (χ0n) is 10.4. The van der Waals surface area contributed by atoms with Crippen LogP contribution in [-0.4, -0.2) is 49.2 Å². The summed E-state index contributed by atoms with van der Waals surface area (Å²) in [4.78, 5) is 14.2. The molecule has 0 bridgehead atoms. The molecule has 3 rings (SSSR count). The van der Waals surface area contributed by atoms with E-state index in [4.69, 9.17) is 4.74 Å². The lowest BCUT2D eigenvalue weighted by Crippen LogP contribution is -2.47. The highest BCUT2D eigenvalue weighted by molar-refractivity contribution is 5.76. The van der Waals surface area contributed by atoms with Gasteiger partial charge in [0.05, 0.1) is 12.5 Å². The van der Waals surface area contributed by atoms with Crippen LogP contribution in [0.5, 0.6) is 0 Å². The van der Waals surface area contributed by atoms with E-state index in [1.165, 1.54) is 6.42 Å². The van der Waals surface area contributed by atoms with E-state index in [1.807, 2.05) is 0 Å². The molecule has 0 aromatic rings. The third-order valence-corrected chi connectivity index (χ3v) is 4.43. The van der Waals surface area contributed by atoms with Crippen LogP contribution in [-0.2, 0) is 9.53 Å². The number of likely N-dealkylation sites (tertiary alicyclic amines) is 1. The van der Waals surface area contributed by atoms with Crippen LogP contribution in [0.1, 0.15) is 32.1 Å². The monoisotopic (exact) mass is 238 g/mol. The lowest BCUT2D eigenvalue weighted by Gasteiger charge is -2.35. The fourth-order valence-corrected chi connectivity index (χ4v) is 3.40. The van der Waals surface area contributed by atoms with Gasteiger partial charge in [-0.25, -0.2) is 0 Å². The molecule has 0 radical (unpaired) electrons. The van der Waals surface area contributed by atoms with Crippen LogP contribution in [0.2, 0.25) is 0 Å². The molecule has 0 aliphatic carbocycles. The lowest BCUT2D eigenvalue weighted by atomic mass is 9.93. The standard InChI is InChI=1S/C13H22N2O2/c16-13(8-11-2-1-7-17-11)15-6-4-12-10(9-15)3-5-14-12/h10-12,14H,1-9H2. The van der Waals surface area contributed by atoms with E-state index >= 15 is 0 Å². The summed E-state index contributed by atoms with van der Waals surface area (Å²) in [7, 11) is 0. The first-order valence-electron chi connectivity index (χ1n) is 6.95. The molecule has 4 heteroatoms. The molecule has 3 heterocycles. The molecule has 3 atom stereocenters. The first-order valence-corrected chi connectivity index (χ1v) is 6.95. The fourth-order valence-electron chi connectivity index (χ4n) is 3.40. The van der Waals surface area contributed by atoms with Crippen molar-refractivity contribution in [1.82, 2.24) is 10.2 Å². The first-order chi connectivity index (χ1) is 8.33. The van der Waals surface area contributed by atoms with Gasteiger partial charge >= 0.3 is 0 Å². The molecule has 1 amide bonds. The van der Waals surface area contributed by atoms with Crippen LogP contribution >= 0.6 is 0 Å². The highest BCUT2D eigenvalue weighted by atomic mass is 16.5. The number of nitrogens with zero attached hydrogens (tertiary/aromatic N) is 1. The smallest absolute Gasteiger partial charge is 0.225 e. The third-order valence-electron chi connectivity index (χ3n) is 4.43. The number of carbonyl (C=O) groups excluding carboxylic acids is 1. The largest absolute Gasteiger partial charge is 0.378 e. The molecular formula is C13H22N2O2. The molecular weight excluding hydrogens is 216 g/mol. The number of hydrogen-bond acceptors (Lipinski definition) is 3. The Morgan fingerprint density at radius 2 is 2.29 bits per heavy atom. The number of fused-ring (bicyclic) bond motifs is 1. The van der Waals surface area contributed by atoms with Gasteiger partial charge in [-0.2, -0.15) is 0 Å². The minimum absolute atomic E-state index is 0.196. The predicted octanol–water partition coefficient (Wildman–Crippen LogP) is 0.766. The average Bonchev–Trinajstić information content (AvgIpc) is 2.97. The molecule has 96 valence electrons. The van der Waals surface area contributed by atoms with Gasteiger partial charge < -0.3 is 15.0 Å². The Morgan fingerprint density at radius 1 is 1.35 bits per heavy atom. The zero-order chi connectivity index (χ0) is 11.7. The van der Waals surface area contributed by atoms with E-state index < -0.39 is 0 Å². The lowest BCUT2D eigenvalue weighted by molar-refractivity contribution is -0.135. The van der Waals surface area contributed by atoms with E-state index in [-0.39, 0.29) is 6.10 Å². The summed E-state index contributed by atoms with van der Waals surface area (Å²) in [6.07, 6.45) is 5.34. The summed E-state index contributed by atoms with van der Waals surface area (Å²) in [5.74, 6) is 0.999. The van der Waals surface area contributed by atoms with Crippen molar-refractivity contribution in [1.29, 1.82) is 0 Å². The summed E-state index contributed by atoms with van der Waals surface area (Å²) in [5.41, 5.74) is 0. The maximum absolute atomic E-state index is 12.2. The molecule has 0 spiro atoms. The van der Waals surface area contributed by atoms with Gasteiger partial charge in [0.1, 0.15) is 0 Å². The molecule has 1 N–H and O–H groups in total. The van der Waals surface area contributed by atoms with Crippen molar-refractivity contribution in [2.45, 2.75) is 44.2 Å². The van der Waals surface area contributed by atoms with E-state index in [1.54, 1.807) is 0 Å². The van der Waals surface area contributed by atoms with Gasteiger partial charge in [0.2, 0.25) is 5.91 Å². The number of piperidine rings is 1. The summed E-state index contributed by atoms with van der Waals surface area (Å²) in [5, 5.41) is 3.53. The summed E-state index contributed by atoms with van der Waals surface area (Å²) >= 11 is 0. The zero-order valence-corrected chi connectivity index (χ0v) is 10.4. The van der Waals surface area contributed by atoms with Crippen molar-refractivity contribution in [3.63, 3.8) is 0 Å². The van der Waals surface area contributed by atoms with Crippen molar-refractivity contribution in [2.75, 3.05) is 26.2 Å². The summed E-state index contributed by atoms with van der Waals surface area (Å²) < 4.78 is 5.54. The Bertz CT molecular complexity index is 289. The number of nitrogens with one attached hydrogen (secondary N) is 1. The van der Waals surface area contributed by atoms with Gasteiger partial charge in [-0.15, -0.1) is 0 Å². The number of ether oxygens (including phenoxy) is 1. The van der Waals surface area contributed by atoms with E-state index in [0.717, 1.165) is 45.5 Å². The average molecular weight is 238 g/mol. The van der Waals surface area contributed by atoms with Crippen LogP contribution in [0.3, 0.4) is 0 Å². The minimum atomic E-state index is 0.196. The molecule has 0 saturated carbocycles. The Balaban J connectivity index is 1.51. The van der Waals surface area contributed by atoms with E-state index in [9.17, 15) is 4.79 Å². The second-order valence-electron chi connectivity index (χ2n) is 5.58.